The summed E-state index contributed by atoms with van der Waals surface area (Å²) in [7, 11) is 0. The summed E-state index contributed by atoms with van der Waals surface area (Å²) in [6.07, 6.45) is 9.45. The third-order valence-corrected chi connectivity index (χ3v) is 3.83. The van der Waals surface area contributed by atoms with E-state index in [9.17, 15) is 0 Å². The first-order valence-corrected chi connectivity index (χ1v) is 6.78. The zero-order valence-electron chi connectivity index (χ0n) is 10.4. The molecule has 4 atom stereocenters. The lowest BCUT2D eigenvalue weighted by Gasteiger charge is -2.20. The van der Waals surface area contributed by atoms with E-state index in [0.717, 1.165) is 19.4 Å². The molecule has 16 heavy (non-hydrogen) atoms. The highest BCUT2D eigenvalue weighted by Crippen LogP contribution is 2.24. The van der Waals surface area contributed by atoms with E-state index in [-0.39, 0.29) is 6.04 Å². The molecular formula is C13H25NO2. The van der Waals surface area contributed by atoms with Crippen LogP contribution >= 0.6 is 0 Å². The van der Waals surface area contributed by atoms with Crippen molar-refractivity contribution in [3.63, 3.8) is 0 Å². The number of rotatable bonds is 5. The molecule has 4 unspecified atom stereocenters. The first-order valence-electron chi connectivity index (χ1n) is 6.78. The number of hydrogen-bond donors (Lipinski definition) is 1. The predicted molar refractivity (Wildman–Crippen MR) is 64.4 cm³/mol. The van der Waals surface area contributed by atoms with Crippen LogP contribution in [0.5, 0.6) is 0 Å². The highest BCUT2D eigenvalue weighted by Gasteiger charge is 2.27. The quantitative estimate of drug-likeness (QED) is 0.783. The van der Waals surface area contributed by atoms with Gasteiger partial charge in [-0.15, -0.1) is 0 Å². The van der Waals surface area contributed by atoms with Gasteiger partial charge in [-0.3, -0.25) is 0 Å². The zero-order valence-corrected chi connectivity index (χ0v) is 10.4. The van der Waals surface area contributed by atoms with Crippen LogP contribution in [-0.4, -0.2) is 31.0 Å². The molecule has 0 aromatic heterocycles. The van der Waals surface area contributed by atoms with Gasteiger partial charge in [-0.25, -0.2) is 0 Å². The summed E-state index contributed by atoms with van der Waals surface area (Å²) in [5.41, 5.74) is 6.16. The van der Waals surface area contributed by atoms with Crippen LogP contribution in [0.3, 0.4) is 0 Å². The van der Waals surface area contributed by atoms with Crippen LogP contribution in [0.1, 0.15) is 51.9 Å². The van der Waals surface area contributed by atoms with Crippen molar-refractivity contribution in [2.75, 3.05) is 6.61 Å². The summed E-state index contributed by atoms with van der Waals surface area (Å²) in [4.78, 5) is 0. The first-order chi connectivity index (χ1) is 7.75. The SMILES string of the molecule is CC1CCC(C(N)CCCC2CCCO2)O1. The van der Waals surface area contributed by atoms with Gasteiger partial charge in [-0.05, 0) is 51.9 Å². The lowest BCUT2D eigenvalue weighted by molar-refractivity contribution is 0.0367. The van der Waals surface area contributed by atoms with Crippen molar-refractivity contribution in [3.05, 3.63) is 0 Å². The normalized spacial score (nSPS) is 36.8. The summed E-state index contributed by atoms with van der Waals surface area (Å²) in [5, 5.41) is 0. The van der Waals surface area contributed by atoms with E-state index >= 15 is 0 Å². The van der Waals surface area contributed by atoms with Gasteiger partial charge in [0.2, 0.25) is 0 Å². The van der Waals surface area contributed by atoms with Gasteiger partial charge in [-0.1, -0.05) is 0 Å². The summed E-state index contributed by atoms with van der Waals surface area (Å²) < 4.78 is 11.4. The first kappa shape index (κ1) is 12.3. The number of ether oxygens (including phenoxy) is 2. The molecule has 2 aliphatic heterocycles. The van der Waals surface area contributed by atoms with Crippen LogP contribution in [0, 0.1) is 0 Å². The molecular weight excluding hydrogens is 202 g/mol. The Hall–Kier alpha value is -0.120. The fraction of sp³-hybridized carbons (Fsp3) is 1.00. The molecule has 3 heteroatoms. The molecule has 0 spiro atoms. The highest BCUT2D eigenvalue weighted by atomic mass is 16.5. The maximum atomic E-state index is 6.16. The van der Waals surface area contributed by atoms with Crippen molar-refractivity contribution >= 4 is 0 Å². The predicted octanol–water partition coefficient (Wildman–Crippen LogP) is 2.23. The second kappa shape index (κ2) is 5.99. The van der Waals surface area contributed by atoms with Crippen LogP contribution in [0.4, 0.5) is 0 Å². The third-order valence-electron chi connectivity index (χ3n) is 3.83. The molecule has 0 radical (unpaired) electrons. The molecule has 94 valence electrons. The monoisotopic (exact) mass is 227 g/mol. The van der Waals surface area contributed by atoms with Gasteiger partial charge in [0.05, 0.1) is 18.3 Å². The topological polar surface area (TPSA) is 44.5 Å². The van der Waals surface area contributed by atoms with Crippen LogP contribution < -0.4 is 5.73 Å². The van der Waals surface area contributed by atoms with Crippen LogP contribution in [0.2, 0.25) is 0 Å². The molecule has 3 nitrogen and oxygen atoms in total. The van der Waals surface area contributed by atoms with E-state index in [2.05, 4.69) is 6.92 Å². The lowest BCUT2D eigenvalue weighted by Crippen LogP contribution is -2.34. The second-order valence-corrected chi connectivity index (χ2v) is 5.29. The highest BCUT2D eigenvalue weighted by molar-refractivity contribution is 4.80. The van der Waals surface area contributed by atoms with Crippen molar-refractivity contribution < 1.29 is 9.47 Å². The maximum Gasteiger partial charge on any atom is 0.0730 e. The van der Waals surface area contributed by atoms with Crippen molar-refractivity contribution in [1.29, 1.82) is 0 Å². The molecule has 0 saturated carbocycles. The summed E-state index contributed by atoms with van der Waals surface area (Å²) in [6.45, 7) is 3.10. The van der Waals surface area contributed by atoms with Gasteiger partial charge >= 0.3 is 0 Å². The van der Waals surface area contributed by atoms with Crippen LogP contribution in [0.15, 0.2) is 0 Å². The van der Waals surface area contributed by atoms with Gasteiger partial charge in [0.25, 0.3) is 0 Å². The van der Waals surface area contributed by atoms with Gasteiger partial charge in [0.1, 0.15) is 0 Å². The summed E-state index contributed by atoms with van der Waals surface area (Å²) in [6, 6.07) is 0.228. The lowest BCUT2D eigenvalue weighted by atomic mass is 10.0. The Kier molecular flexibility index (Phi) is 4.62. The minimum atomic E-state index is 0.228. The van der Waals surface area contributed by atoms with Crippen LogP contribution in [0.25, 0.3) is 0 Å². The molecule has 0 amide bonds. The fourth-order valence-corrected chi connectivity index (χ4v) is 2.79. The second-order valence-electron chi connectivity index (χ2n) is 5.29. The summed E-state index contributed by atoms with van der Waals surface area (Å²) >= 11 is 0. The van der Waals surface area contributed by atoms with Crippen molar-refractivity contribution in [2.24, 2.45) is 5.73 Å². The molecule has 2 saturated heterocycles. The molecule has 0 aliphatic carbocycles. The smallest absolute Gasteiger partial charge is 0.0730 e. The van der Waals surface area contributed by atoms with Crippen molar-refractivity contribution in [3.8, 4) is 0 Å². The molecule has 2 heterocycles. The Morgan fingerprint density at radius 2 is 2.19 bits per heavy atom. The average Bonchev–Trinajstić information content (AvgIpc) is 2.89. The zero-order chi connectivity index (χ0) is 11.4. The fourth-order valence-electron chi connectivity index (χ4n) is 2.79. The van der Waals surface area contributed by atoms with E-state index < -0.39 is 0 Å². The minimum absolute atomic E-state index is 0.228. The number of nitrogens with two attached hydrogens (primary N) is 1. The van der Waals surface area contributed by atoms with E-state index in [1.807, 2.05) is 0 Å². The maximum absolute atomic E-state index is 6.16. The molecule has 2 aliphatic rings. The molecule has 2 fully saturated rings. The summed E-state index contributed by atoms with van der Waals surface area (Å²) in [5.74, 6) is 0. The van der Waals surface area contributed by atoms with E-state index in [1.165, 1.54) is 32.1 Å². The van der Waals surface area contributed by atoms with Crippen LogP contribution in [-0.2, 0) is 9.47 Å². The Balaban J connectivity index is 1.58. The average molecular weight is 227 g/mol. The Morgan fingerprint density at radius 3 is 2.81 bits per heavy atom. The largest absolute Gasteiger partial charge is 0.378 e. The Bertz CT molecular complexity index is 204. The van der Waals surface area contributed by atoms with Crippen molar-refractivity contribution in [1.82, 2.24) is 0 Å². The van der Waals surface area contributed by atoms with Gasteiger partial charge in [0.15, 0.2) is 0 Å². The third kappa shape index (κ3) is 3.44. The van der Waals surface area contributed by atoms with E-state index in [4.69, 9.17) is 15.2 Å². The standard InChI is InChI=1S/C13H25NO2/c1-10-7-8-13(16-10)12(14)6-2-4-11-5-3-9-15-11/h10-13H,2-9,14H2,1H3. The van der Waals surface area contributed by atoms with Crippen molar-refractivity contribution in [2.45, 2.75) is 76.2 Å². The van der Waals surface area contributed by atoms with Gasteiger partial charge < -0.3 is 15.2 Å². The van der Waals surface area contributed by atoms with E-state index in [1.54, 1.807) is 0 Å². The molecule has 2 N–H and O–H groups in total. The van der Waals surface area contributed by atoms with Gasteiger partial charge in [0, 0.05) is 12.6 Å². The molecule has 0 aromatic rings. The van der Waals surface area contributed by atoms with E-state index in [0.29, 0.717) is 18.3 Å². The molecule has 2 rings (SSSR count). The number of hydrogen-bond acceptors (Lipinski definition) is 3. The molecule has 0 bridgehead atoms. The Labute approximate surface area is 98.7 Å². The minimum Gasteiger partial charge on any atom is -0.378 e. The molecule has 0 aromatic carbocycles. The van der Waals surface area contributed by atoms with Gasteiger partial charge in [-0.2, -0.15) is 0 Å². The Morgan fingerprint density at radius 1 is 1.31 bits per heavy atom.